The van der Waals surface area contributed by atoms with Gasteiger partial charge in [0.2, 0.25) is 21.8 Å². The Morgan fingerprint density at radius 1 is 1.18 bits per heavy atom. The molecule has 5 N–H and O–H groups in total. The standard InChI is InChI=1S/C26H34N6O4S.C2HF3O2/c1-18(25(33)28-17-22-14-21-16-27-10-8-23(21)31-22)30-26(34)24-15-20(19-6-4-3-5-7-19)9-12-32(24)13-11-29-37(2,35)36;3-2(4,5)1(6)7/h3-8,10,14,16,18,20,24,29,31H,9,11-13,15,17H2,1-2H3,(H,28,33)(H,30,34);(H,6,7)/t18-,20-,24+;/m0./s1. The van der Waals surface area contributed by atoms with Gasteiger partial charge in [-0.15, -0.1) is 0 Å². The van der Waals surface area contributed by atoms with Gasteiger partial charge in [0.25, 0.3) is 0 Å². The normalized spacial score (nSPS) is 18.1. The molecule has 1 aromatic carbocycles. The number of aromatic amines is 1. The van der Waals surface area contributed by atoms with Gasteiger partial charge in [-0.05, 0) is 49.9 Å². The first-order chi connectivity index (χ1) is 20.6. The van der Waals surface area contributed by atoms with E-state index < -0.39 is 34.3 Å². The molecule has 2 aromatic heterocycles. The lowest BCUT2D eigenvalue weighted by Gasteiger charge is -2.39. The molecule has 3 heterocycles. The number of nitrogens with one attached hydrogen (secondary N) is 4. The maximum Gasteiger partial charge on any atom is 0.490 e. The van der Waals surface area contributed by atoms with Gasteiger partial charge in [0.15, 0.2) is 0 Å². The molecule has 12 nitrogen and oxygen atoms in total. The monoisotopic (exact) mass is 640 g/mol. The van der Waals surface area contributed by atoms with E-state index in [9.17, 15) is 31.2 Å². The van der Waals surface area contributed by atoms with Crippen LogP contribution in [-0.4, -0.2) is 90.3 Å². The molecular formula is C28H35F3N6O6S. The van der Waals surface area contributed by atoms with Crippen LogP contribution in [0, 0.1) is 0 Å². The first kappa shape index (κ1) is 34.5. The Kier molecular flexibility index (Phi) is 11.8. The SMILES string of the molecule is C[C@H](NC(=O)[C@H]1C[C@@H](c2ccccc2)CCN1CCNS(C)(=O)=O)C(=O)NCc1cc2cnccc2[nH]1.O=C(O)C(F)(F)F. The second-order valence-corrected chi connectivity index (χ2v) is 12.2. The minimum atomic E-state index is -5.08. The smallest absolute Gasteiger partial charge is 0.475 e. The number of rotatable bonds is 10. The fraction of sp³-hybridized carbons (Fsp3) is 0.429. The lowest BCUT2D eigenvalue weighted by molar-refractivity contribution is -0.192. The van der Waals surface area contributed by atoms with Gasteiger partial charge in [0, 0.05) is 42.1 Å². The van der Waals surface area contributed by atoms with Crippen LogP contribution in [0.3, 0.4) is 0 Å². The van der Waals surface area contributed by atoms with Gasteiger partial charge in [-0.3, -0.25) is 19.5 Å². The Bertz CT molecular complexity index is 1500. The lowest BCUT2D eigenvalue weighted by atomic mass is 9.85. The summed E-state index contributed by atoms with van der Waals surface area (Å²) in [5, 5.41) is 13.8. The molecular weight excluding hydrogens is 605 g/mol. The summed E-state index contributed by atoms with van der Waals surface area (Å²) < 4.78 is 57.2. The van der Waals surface area contributed by atoms with E-state index in [1.807, 2.05) is 35.2 Å². The van der Waals surface area contributed by atoms with Crippen LogP contribution in [0.2, 0.25) is 0 Å². The largest absolute Gasteiger partial charge is 0.490 e. The third-order valence-electron chi connectivity index (χ3n) is 6.97. The molecule has 0 spiro atoms. The highest BCUT2D eigenvalue weighted by atomic mass is 32.2. The molecule has 2 amide bonds. The zero-order valence-electron chi connectivity index (χ0n) is 24.1. The molecule has 0 radical (unpaired) electrons. The summed E-state index contributed by atoms with van der Waals surface area (Å²) >= 11 is 0. The highest BCUT2D eigenvalue weighted by Crippen LogP contribution is 2.31. The Balaban J connectivity index is 0.000000676. The van der Waals surface area contributed by atoms with Crippen molar-refractivity contribution in [3.63, 3.8) is 0 Å². The van der Waals surface area contributed by atoms with Crippen molar-refractivity contribution in [2.45, 2.75) is 50.5 Å². The zero-order chi connectivity index (χ0) is 32.5. The number of fused-ring (bicyclic) bond motifs is 1. The van der Waals surface area contributed by atoms with Crippen molar-refractivity contribution in [3.05, 3.63) is 66.1 Å². The molecule has 1 aliphatic rings. The third-order valence-corrected chi connectivity index (χ3v) is 7.70. The third kappa shape index (κ3) is 10.6. The number of H-pyrrole nitrogens is 1. The molecule has 1 fully saturated rings. The van der Waals surface area contributed by atoms with Crippen LogP contribution in [0.15, 0.2) is 54.9 Å². The van der Waals surface area contributed by atoms with Crippen LogP contribution >= 0.6 is 0 Å². The lowest BCUT2D eigenvalue weighted by Crippen LogP contribution is -2.56. The molecule has 16 heteroatoms. The van der Waals surface area contributed by atoms with Crippen molar-refractivity contribution in [2.24, 2.45) is 0 Å². The van der Waals surface area contributed by atoms with Crippen LogP contribution in [0.1, 0.15) is 36.9 Å². The first-order valence-electron chi connectivity index (χ1n) is 13.7. The van der Waals surface area contributed by atoms with E-state index in [1.165, 1.54) is 5.56 Å². The maximum absolute atomic E-state index is 13.4. The summed E-state index contributed by atoms with van der Waals surface area (Å²) in [5.41, 5.74) is 2.96. The number of amides is 2. The number of nitrogens with zero attached hydrogens (tertiary/aromatic N) is 2. The number of likely N-dealkylation sites (tertiary alicyclic amines) is 1. The van der Waals surface area contributed by atoms with Crippen LogP contribution in [0.4, 0.5) is 13.2 Å². The molecule has 0 aliphatic carbocycles. The van der Waals surface area contributed by atoms with Gasteiger partial charge in [0.1, 0.15) is 6.04 Å². The fourth-order valence-corrected chi connectivity index (χ4v) is 5.26. The number of carboxylic acid groups (broad SMARTS) is 1. The first-order valence-corrected chi connectivity index (χ1v) is 15.6. The molecule has 0 saturated carbocycles. The minimum absolute atomic E-state index is 0.205. The van der Waals surface area contributed by atoms with Crippen molar-refractivity contribution < 1.29 is 41.1 Å². The molecule has 1 saturated heterocycles. The summed E-state index contributed by atoms with van der Waals surface area (Å²) in [6.45, 7) is 3.24. The van der Waals surface area contributed by atoms with Gasteiger partial charge < -0.3 is 20.7 Å². The number of piperidine rings is 1. The van der Waals surface area contributed by atoms with Crippen LogP contribution in [-0.2, 0) is 31.0 Å². The van der Waals surface area contributed by atoms with E-state index >= 15 is 0 Å². The summed E-state index contributed by atoms with van der Waals surface area (Å²) in [5.74, 6) is -3.07. The number of benzene rings is 1. The number of aromatic nitrogens is 2. The topological polar surface area (TPSA) is 174 Å². The molecule has 0 bridgehead atoms. The maximum atomic E-state index is 13.4. The molecule has 4 rings (SSSR count). The highest BCUT2D eigenvalue weighted by Gasteiger charge is 2.38. The summed E-state index contributed by atoms with van der Waals surface area (Å²) in [6, 6.07) is 12.7. The average molecular weight is 641 g/mol. The van der Waals surface area contributed by atoms with Crippen molar-refractivity contribution in [1.82, 2.24) is 30.2 Å². The number of sulfonamides is 1. The van der Waals surface area contributed by atoms with Gasteiger partial charge in [-0.1, -0.05) is 30.3 Å². The minimum Gasteiger partial charge on any atom is -0.475 e. The zero-order valence-corrected chi connectivity index (χ0v) is 24.9. The molecule has 3 atom stereocenters. The number of hydrogen-bond donors (Lipinski definition) is 5. The summed E-state index contributed by atoms with van der Waals surface area (Å²) in [6.07, 6.45) is 0.942. The van der Waals surface area contributed by atoms with Crippen LogP contribution in [0.25, 0.3) is 10.9 Å². The second-order valence-electron chi connectivity index (χ2n) is 10.4. The Morgan fingerprint density at radius 3 is 2.48 bits per heavy atom. The van der Waals surface area contributed by atoms with E-state index in [1.54, 1.807) is 19.3 Å². The average Bonchev–Trinajstić information content (AvgIpc) is 3.39. The van der Waals surface area contributed by atoms with Crippen molar-refractivity contribution >= 4 is 38.7 Å². The van der Waals surface area contributed by atoms with Gasteiger partial charge in [0.05, 0.1) is 18.8 Å². The number of carboxylic acids is 1. The Morgan fingerprint density at radius 2 is 1.86 bits per heavy atom. The molecule has 1 aliphatic heterocycles. The van der Waals surface area contributed by atoms with Crippen molar-refractivity contribution in [3.8, 4) is 0 Å². The molecule has 3 aromatic rings. The van der Waals surface area contributed by atoms with Crippen molar-refractivity contribution in [1.29, 1.82) is 0 Å². The predicted octanol–water partition coefficient (Wildman–Crippen LogP) is 2.11. The van der Waals surface area contributed by atoms with E-state index in [4.69, 9.17) is 9.90 Å². The summed E-state index contributed by atoms with van der Waals surface area (Å²) in [7, 11) is -3.32. The molecule has 44 heavy (non-hydrogen) atoms. The van der Waals surface area contributed by atoms with E-state index in [2.05, 4.69) is 37.5 Å². The van der Waals surface area contributed by atoms with Gasteiger partial charge >= 0.3 is 12.1 Å². The molecule has 0 unspecified atom stereocenters. The number of pyridine rings is 1. The van der Waals surface area contributed by atoms with E-state index in [0.717, 1.165) is 29.3 Å². The Labute approximate surface area is 252 Å². The van der Waals surface area contributed by atoms with E-state index in [-0.39, 0.29) is 24.3 Å². The number of halogens is 3. The summed E-state index contributed by atoms with van der Waals surface area (Å²) in [4.78, 5) is 44.4. The molecule has 240 valence electrons. The van der Waals surface area contributed by atoms with E-state index in [0.29, 0.717) is 26.1 Å². The van der Waals surface area contributed by atoms with Crippen LogP contribution in [0.5, 0.6) is 0 Å². The van der Waals surface area contributed by atoms with Gasteiger partial charge in [-0.2, -0.15) is 13.2 Å². The quantitative estimate of drug-likeness (QED) is 0.224. The predicted molar refractivity (Wildman–Crippen MR) is 156 cm³/mol. The highest BCUT2D eigenvalue weighted by molar-refractivity contribution is 7.88. The number of aliphatic carboxylic acids is 1. The number of hydrogen-bond acceptors (Lipinski definition) is 7. The second kappa shape index (κ2) is 15.1. The number of alkyl halides is 3. The van der Waals surface area contributed by atoms with Gasteiger partial charge in [-0.25, -0.2) is 17.9 Å². The Hall–Kier alpha value is -4.02. The van der Waals surface area contributed by atoms with Crippen molar-refractivity contribution in [2.75, 3.05) is 25.9 Å². The number of carbonyl (C=O) groups is 3. The number of carbonyl (C=O) groups excluding carboxylic acids is 2. The van der Waals surface area contributed by atoms with Crippen LogP contribution < -0.4 is 15.4 Å². The fourth-order valence-electron chi connectivity index (χ4n) is 4.80.